The van der Waals surface area contributed by atoms with Gasteiger partial charge in [-0.2, -0.15) is 0 Å². The minimum atomic E-state index is -0.705. The summed E-state index contributed by atoms with van der Waals surface area (Å²) < 4.78 is 5.12. The predicted molar refractivity (Wildman–Crippen MR) is 119 cm³/mol. The van der Waals surface area contributed by atoms with E-state index in [4.69, 9.17) is 16.3 Å². The first-order chi connectivity index (χ1) is 15.0. The number of para-hydroxylation sites is 1. The smallest absolute Gasteiger partial charge is 0.325 e. The summed E-state index contributed by atoms with van der Waals surface area (Å²) in [4.78, 5) is 40.4. The summed E-state index contributed by atoms with van der Waals surface area (Å²) in [6, 6.07) is 21.3. The summed E-state index contributed by atoms with van der Waals surface area (Å²) in [6.07, 6.45) is 0. The van der Waals surface area contributed by atoms with E-state index in [9.17, 15) is 14.4 Å². The summed E-state index contributed by atoms with van der Waals surface area (Å²) in [7, 11) is 0. The number of nitrogens with one attached hydrogen (secondary N) is 1. The molecule has 6 nitrogen and oxygen atoms in total. The number of nitrogens with zero attached hydrogens (tertiary/aromatic N) is 1. The molecule has 2 amide bonds. The molecule has 1 aliphatic heterocycles. The van der Waals surface area contributed by atoms with Crippen LogP contribution in [0, 0.1) is 0 Å². The number of ether oxygens (including phenoxy) is 1. The molecule has 31 heavy (non-hydrogen) atoms. The zero-order valence-electron chi connectivity index (χ0n) is 16.2. The Morgan fingerprint density at radius 3 is 2.42 bits per heavy atom. The fraction of sp³-hybridized carbons (Fsp3) is 0.0870. The molecule has 1 N–H and O–H groups in total. The quantitative estimate of drug-likeness (QED) is 0.579. The predicted octanol–water partition coefficient (Wildman–Crippen LogP) is 4.44. The van der Waals surface area contributed by atoms with Crippen LogP contribution in [0.3, 0.4) is 0 Å². The van der Waals surface area contributed by atoms with Crippen molar-refractivity contribution in [3.63, 3.8) is 0 Å². The van der Waals surface area contributed by atoms with Gasteiger partial charge in [0.05, 0.1) is 11.4 Å². The van der Waals surface area contributed by atoms with Crippen molar-refractivity contribution in [2.45, 2.75) is 9.79 Å². The Morgan fingerprint density at radius 1 is 0.903 bits per heavy atom. The molecule has 0 saturated heterocycles. The second-order valence-electron chi connectivity index (χ2n) is 6.62. The highest BCUT2D eigenvalue weighted by atomic mass is 35.5. The Hall–Kier alpha value is -3.29. The largest absolute Gasteiger partial charge is 0.454 e. The molecule has 8 heteroatoms. The highest BCUT2D eigenvalue weighted by Gasteiger charge is 2.29. The number of esters is 1. The van der Waals surface area contributed by atoms with Gasteiger partial charge in [-0.3, -0.25) is 19.3 Å². The normalized spacial score (nSPS) is 11.8. The molecule has 0 bridgehead atoms. The number of fused-ring (bicyclic) bond motifs is 2. The summed E-state index contributed by atoms with van der Waals surface area (Å²) in [5.74, 6) is -1.52. The van der Waals surface area contributed by atoms with Crippen molar-refractivity contribution in [2.75, 3.05) is 18.1 Å². The molecule has 0 aliphatic carbocycles. The Morgan fingerprint density at radius 2 is 1.61 bits per heavy atom. The van der Waals surface area contributed by atoms with Crippen molar-refractivity contribution in [2.24, 2.45) is 0 Å². The Balaban J connectivity index is 1.42. The zero-order valence-corrected chi connectivity index (χ0v) is 17.8. The summed E-state index contributed by atoms with van der Waals surface area (Å²) in [6.45, 7) is -0.805. The lowest BCUT2D eigenvalue weighted by Gasteiger charge is -2.31. The summed E-state index contributed by atoms with van der Waals surface area (Å²) >= 11 is 7.69. The Bertz CT molecular complexity index is 1150. The van der Waals surface area contributed by atoms with Crippen LogP contribution in [0.15, 0.2) is 82.6 Å². The number of carbonyl (C=O) groups excluding carboxylic acids is 3. The zero-order chi connectivity index (χ0) is 21.8. The topological polar surface area (TPSA) is 75.7 Å². The van der Waals surface area contributed by atoms with Crippen LogP contribution >= 0.6 is 23.4 Å². The van der Waals surface area contributed by atoms with Crippen molar-refractivity contribution in [1.82, 2.24) is 5.32 Å². The number of rotatable bonds is 5. The van der Waals surface area contributed by atoms with E-state index in [0.29, 0.717) is 22.0 Å². The number of amides is 2. The number of hydrogen-bond acceptors (Lipinski definition) is 5. The van der Waals surface area contributed by atoms with E-state index in [1.165, 1.54) is 16.7 Å². The Labute approximate surface area is 188 Å². The van der Waals surface area contributed by atoms with E-state index in [1.807, 2.05) is 30.3 Å². The maximum atomic E-state index is 13.0. The van der Waals surface area contributed by atoms with E-state index in [-0.39, 0.29) is 6.54 Å². The van der Waals surface area contributed by atoms with Crippen LogP contribution in [0.2, 0.25) is 5.02 Å². The number of hydrogen-bond donors (Lipinski definition) is 1. The van der Waals surface area contributed by atoms with Gasteiger partial charge in [-0.1, -0.05) is 53.7 Å². The average Bonchev–Trinajstić information content (AvgIpc) is 2.80. The fourth-order valence-corrected chi connectivity index (χ4v) is 4.30. The van der Waals surface area contributed by atoms with Gasteiger partial charge in [0, 0.05) is 20.4 Å². The second-order valence-corrected chi connectivity index (χ2v) is 8.14. The summed E-state index contributed by atoms with van der Waals surface area (Å²) in [5.41, 5.74) is 1.76. The molecular weight excluding hydrogens is 436 g/mol. The average molecular weight is 453 g/mol. The SMILES string of the molecule is O=C(CNC(=O)c1ccccc1)OCC(=O)N1c2ccccc2Sc2ccc(Cl)cc21. The lowest BCUT2D eigenvalue weighted by Crippen LogP contribution is -2.35. The third kappa shape index (κ3) is 4.73. The van der Waals surface area contributed by atoms with Crippen LogP contribution in [0.25, 0.3) is 0 Å². The molecule has 0 radical (unpaired) electrons. The van der Waals surface area contributed by atoms with Crippen molar-refractivity contribution < 1.29 is 19.1 Å². The highest BCUT2D eigenvalue weighted by Crippen LogP contribution is 2.48. The number of carbonyl (C=O) groups is 3. The first-order valence-corrected chi connectivity index (χ1v) is 10.6. The summed E-state index contributed by atoms with van der Waals surface area (Å²) in [5, 5.41) is 2.98. The van der Waals surface area contributed by atoms with Crippen LogP contribution in [0.5, 0.6) is 0 Å². The maximum absolute atomic E-state index is 13.0. The van der Waals surface area contributed by atoms with Crippen LogP contribution in [0.4, 0.5) is 11.4 Å². The van der Waals surface area contributed by atoms with Gasteiger partial charge in [0.2, 0.25) is 0 Å². The van der Waals surface area contributed by atoms with Crippen molar-refractivity contribution in [1.29, 1.82) is 0 Å². The van der Waals surface area contributed by atoms with Crippen molar-refractivity contribution in [3.8, 4) is 0 Å². The van der Waals surface area contributed by atoms with Gasteiger partial charge >= 0.3 is 5.97 Å². The lowest BCUT2D eigenvalue weighted by molar-refractivity contribution is -0.146. The van der Waals surface area contributed by atoms with Gasteiger partial charge in [0.1, 0.15) is 6.54 Å². The molecule has 1 heterocycles. The van der Waals surface area contributed by atoms with Gasteiger partial charge in [-0.15, -0.1) is 0 Å². The third-order valence-electron chi connectivity index (χ3n) is 4.52. The lowest BCUT2D eigenvalue weighted by atomic mass is 10.2. The third-order valence-corrected chi connectivity index (χ3v) is 5.89. The van der Waals surface area contributed by atoms with E-state index in [0.717, 1.165) is 9.79 Å². The molecule has 0 aromatic heterocycles. The van der Waals surface area contributed by atoms with Gasteiger partial charge in [-0.25, -0.2) is 0 Å². The maximum Gasteiger partial charge on any atom is 0.325 e. The fourth-order valence-electron chi connectivity index (χ4n) is 3.10. The van der Waals surface area contributed by atoms with E-state index < -0.39 is 24.4 Å². The second kappa shape index (κ2) is 9.24. The Kier molecular flexibility index (Phi) is 6.25. The van der Waals surface area contributed by atoms with Gasteiger partial charge < -0.3 is 10.1 Å². The van der Waals surface area contributed by atoms with Gasteiger partial charge in [-0.05, 0) is 42.5 Å². The number of halogens is 1. The number of anilines is 2. The molecule has 0 fully saturated rings. The minimum Gasteiger partial charge on any atom is -0.454 e. The highest BCUT2D eigenvalue weighted by molar-refractivity contribution is 7.99. The van der Waals surface area contributed by atoms with Crippen LogP contribution in [-0.2, 0) is 14.3 Å². The molecule has 3 aromatic rings. The monoisotopic (exact) mass is 452 g/mol. The van der Waals surface area contributed by atoms with E-state index in [2.05, 4.69) is 5.32 Å². The van der Waals surface area contributed by atoms with Gasteiger partial charge in [0.25, 0.3) is 11.8 Å². The molecule has 0 spiro atoms. The minimum absolute atomic E-state index is 0.337. The van der Waals surface area contributed by atoms with Crippen LogP contribution in [0.1, 0.15) is 10.4 Å². The van der Waals surface area contributed by atoms with Crippen LogP contribution in [-0.4, -0.2) is 30.9 Å². The molecule has 4 rings (SSSR count). The molecule has 0 atom stereocenters. The number of benzene rings is 3. The van der Waals surface area contributed by atoms with Gasteiger partial charge in [0.15, 0.2) is 6.61 Å². The molecule has 0 saturated carbocycles. The van der Waals surface area contributed by atoms with Crippen molar-refractivity contribution >= 4 is 52.5 Å². The van der Waals surface area contributed by atoms with E-state index >= 15 is 0 Å². The molecule has 1 aliphatic rings. The standard InChI is InChI=1S/C23H17ClN2O4S/c24-16-10-11-20-18(12-16)26(17-8-4-5-9-19(17)31-20)21(27)14-30-22(28)13-25-23(29)15-6-2-1-3-7-15/h1-12H,13-14H2,(H,25,29). The van der Waals surface area contributed by atoms with Crippen LogP contribution < -0.4 is 10.2 Å². The molecule has 156 valence electrons. The molecule has 0 unspecified atom stereocenters. The first kappa shape index (κ1) is 21.0. The van der Waals surface area contributed by atoms with E-state index in [1.54, 1.807) is 42.5 Å². The van der Waals surface area contributed by atoms with Crippen molar-refractivity contribution in [3.05, 3.63) is 83.4 Å². The first-order valence-electron chi connectivity index (χ1n) is 9.41. The molecule has 3 aromatic carbocycles. The molecular formula is C23H17ClN2O4S.